The topological polar surface area (TPSA) is 3.24 Å². The third kappa shape index (κ3) is 2.27. The zero-order chi connectivity index (χ0) is 11.7. The summed E-state index contributed by atoms with van der Waals surface area (Å²) in [6.45, 7) is 8.46. The Balaban J connectivity index is 2.11. The summed E-state index contributed by atoms with van der Waals surface area (Å²) < 4.78 is 13.5. The molecule has 1 atom stereocenters. The van der Waals surface area contributed by atoms with Crippen LogP contribution in [-0.4, -0.2) is 24.0 Å². The summed E-state index contributed by atoms with van der Waals surface area (Å²) in [6, 6.07) is 6.28. The van der Waals surface area contributed by atoms with Crippen molar-refractivity contribution in [3.05, 3.63) is 35.1 Å². The van der Waals surface area contributed by atoms with Gasteiger partial charge in [0.25, 0.3) is 0 Å². The van der Waals surface area contributed by atoms with Gasteiger partial charge in [-0.15, -0.1) is 0 Å². The third-order valence-electron chi connectivity index (χ3n) is 3.62. The molecule has 0 radical (unpaired) electrons. The molecule has 0 amide bonds. The summed E-state index contributed by atoms with van der Waals surface area (Å²) in [7, 11) is 0. The number of halogens is 1. The highest BCUT2D eigenvalue weighted by atomic mass is 19.1. The van der Waals surface area contributed by atoms with E-state index >= 15 is 0 Å². The molecular formula is C14H20FN. The first-order valence-electron chi connectivity index (χ1n) is 6.08. The zero-order valence-electron chi connectivity index (χ0n) is 10.3. The molecule has 1 nitrogen and oxygen atoms in total. The van der Waals surface area contributed by atoms with Crippen LogP contribution in [0.1, 0.15) is 37.3 Å². The second-order valence-corrected chi connectivity index (χ2v) is 5.08. The minimum Gasteiger partial charge on any atom is -0.300 e. The monoisotopic (exact) mass is 221 g/mol. The number of nitrogens with zero attached hydrogens (tertiary/aromatic N) is 1. The highest BCUT2D eigenvalue weighted by Gasteiger charge is 2.25. The molecule has 1 heterocycles. The minimum absolute atomic E-state index is 0.0690. The molecule has 0 bridgehead atoms. The van der Waals surface area contributed by atoms with Crippen molar-refractivity contribution in [3.8, 4) is 0 Å². The van der Waals surface area contributed by atoms with Gasteiger partial charge in [-0.25, -0.2) is 4.39 Å². The first-order valence-corrected chi connectivity index (χ1v) is 6.08. The predicted octanol–water partition coefficient (Wildman–Crippen LogP) is 3.33. The summed E-state index contributed by atoms with van der Waals surface area (Å²) in [5.41, 5.74) is 1.90. The van der Waals surface area contributed by atoms with Crippen LogP contribution in [0, 0.1) is 12.7 Å². The number of hydrogen-bond acceptors (Lipinski definition) is 1. The molecule has 1 aromatic rings. The Hall–Kier alpha value is -0.890. The molecule has 88 valence electrons. The average Bonchev–Trinajstić information content (AvgIpc) is 2.71. The number of rotatable bonds is 2. The van der Waals surface area contributed by atoms with E-state index in [1.54, 1.807) is 6.07 Å². The summed E-state index contributed by atoms with van der Waals surface area (Å²) in [4.78, 5) is 2.46. The molecule has 1 aliphatic rings. The normalized spacial score (nSPS) is 21.9. The van der Waals surface area contributed by atoms with E-state index in [0.29, 0.717) is 12.0 Å². The van der Waals surface area contributed by atoms with Crippen molar-refractivity contribution < 1.29 is 4.39 Å². The lowest BCUT2D eigenvalue weighted by Crippen LogP contribution is -2.27. The molecule has 1 aliphatic heterocycles. The van der Waals surface area contributed by atoms with Gasteiger partial charge in [-0.2, -0.15) is 0 Å². The molecule has 1 unspecified atom stereocenters. The van der Waals surface area contributed by atoms with E-state index in [1.165, 1.54) is 0 Å². The Morgan fingerprint density at radius 3 is 2.69 bits per heavy atom. The average molecular weight is 221 g/mol. The van der Waals surface area contributed by atoms with Crippen LogP contribution in [0.4, 0.5) is 4.39 Å². The van der Waals surface area contributed by atoms with Gasteiger partial charge in [-0.1, -0.05) is 12.1 Å². The van der Waals surface area contributed by atoms with Crippen molar-refractivity contribution in [1.82, 2.24) is 4.90 Å². The highest BCUT2D eigenvalue weighted by Crippen LogP contribution is 2.29. The van der Waals surface area contributed by atoms with Crippen molar-refractivity contribution in [3.63, 3.8) is 0 Å². The van der Waals surface area contributed by atoms with Gasteiger partial charge in [0.1, 0.15) is 5.82 Å². The maximum atomic E-state index is 13.5. The molecule has 0 saturated carbocycles. The SMILES string of the molecule is Cc1ccc(C2CCN(C(C)C)C2)cc1F. The van der Waals surface area contributed by atoms with Gasteiger partial charge < -0.3 is 4.90 Å². The van der Waals surface area contributed by atoms with E-state index in [4.69, 9.17) is 0 Å². The van der Waals surface area contributed by atoms with Crippen LogP contribution in [0.15, 0.2) is 18.2 Å². The van der Waals surface area contributed by atoms with Gasteiger partial charge in [0.15, 0.2) is 0 Å². The van der Waals surface area contributed by atoms with Gasteiger partial charge in [0.2, 0.25) is 0 Å². The highest BCUT2D eigenvalue weighted by molar-refractivity contribution is 5.27. The van der Waals surface area contributed by atoms with E-state index < -0.39 is 0 Å². The Morgan fingerprint density at radius 1 is 1.38 bits per heavy atom. The van der Waals surface area contributed by atoms with Crippen LogP contribution in [0.5, 0.6) is 0 Å². The Bertz CT molecular complexity index is 373. The van der Waals surface area contributed by atoms with Crippen molar-refractivity contribution in [2.45, 2.75) is 39.2 Å². The molecule has 1 saturated heterocycles. The molecular weight excluding hydrogens is 201 g/mol. The Morgan fingerprint density at radius 2 is 2.12 bits per heavy atom. The third-order valence-corrected chi connectivity index (χ3v) is 3.62. The molecule has 16 heavy (non-hydrogen) atoms. The summed E-state index contributed by atoms with van der Waals surface area (Å²) >= 11 is 0. The molecule has 0 spiro atoms. The van der Waals surface area contributed by atoms with Gasteiger partial charge in [0, 0.05) is 12.6 Å². The maximum Gasteiger partial charge on any atom is 0.126 e. The number of aryl methyl sites for hydroxylation is 1. The molecule has 2 rings (SSSR count). The second kappa shape index (κ2) is 4.54. The van der Waals surface area contributed by atoms with Crippen molar-refractivity contribution in [2.75, 3.05) is 13.1 Å². The lowest BCUT2D eigenvalue weighted by molar-refractivity contribution is 0.272. The zero-order valence-corrected chi connectivity index (χ0v) is 10.3. The van der Waals surface area contributed by atoms with E-state index in [0.717, 1.165) is 30.6 Å². The van der Waals surface area contributed by atoms with E-state index in [9.17, 15) is 4.39 Å². The fourth-order valence-electron chi connectivity index (χ4n) is 2.39. The van der Waals surface area contributed by atoms with Crippen LogP contribution >= 0.6 is 0 Å². The molecule has 2 heteroatoms. The van der Waals surface area contributed by atoms with Gasteiger partial charge in [-0.05, 0) is 56.8 Å². The molecule has 1 aromatic carbocycles. The van der Waals surface area contributed by atoms with E-state index in [2.05, 4.69) is 24.8 Å². The van der Waals surface area contributed by atoms with Gasteiger partial charge >= 0.3 is 0 Å². The van der Waals surface area contributed by atoms with Crippen LogP contribution in [0.25, 0.3) is 0 Å². The van der Waals surface area contributed by atoms with Crippen LogP contribution in [0.2, 0.25) is 0 Å². The van der Waals surface area contributed by atoms with Crippen LogP contribution in [-0.2, 0) is 0 Å². The molecule has 1 fully saturated rings. The van der Waals surface area contributed by atoms with Crippen molar-refractivity contribution in [2.24, 2.45) is 0 Å². The second-order valence-electron chi connectivity index (χ2n) is 5.08. The van der Waals surface area contributed by atoms with Crippen LogP contribution < -0.4 is 0 Å². The predicted molar refractivity (Wildman–Crippen MR) is 65.2 cm³/mol. The van der Waals surface area contributed by atoms with Crippen molar-refractivity contribution >= 4 is 0 Å². The summed E-state index contributed by atoms with van der Waals surface area (Å²) in [5, 5.41) is 0. The summed E-state index contributed by atoms with van der Waals surface area (Å²) in [5.74, 6) is 0.443. The lowest BCUT2D eigenvalue weighted by Gasteiger charge is -2.20. The minimum atomic E-state index is -0.0690. The summed E-state index contributed by atoms with van der Waals surface area (Å²) in [6.07, 6.45) is 1.15. The van der Waals surface area contributed by atoms with Gasteiger partial charge in [0.05, 0.1) is 0 Å². The Labute approximate surface area is 97.3 Å². The fourth-order valence-corrected chi connectivity index (χ4v) is 2.39. The number of benzene rings is 1. The number of likely N-dealkylation sites (tertiary alicyclic amines) is 1. The first-order chi connectivity index (χ1) is 7.58. The van der Waals surface area contributed by atoms with Gasteiger partial charge in [-0.3, -0.25) is 0 Å². The van der Waals surface area contributed by atoms with E-state index in [1.807, 2.05) is 13.0 Å². The first kappa shape index (κ1) is 11.6. The van der Waals surface area contributed by atoms with Crippen molar-refractivity contribution in [1.29, 1.82) is 0 Å². The fraction of sp³-hybridized carbons (Fsp3) is 0.571. The molecule has 0 aliphatic carbocycles. The quantitative estimate of drug-likeness (QED) is 0.740. The lowest BCUT2D eigenvalue weighted by atomic mass is 9.97. The van der Waals surface area contributed by atoms with E-state index in [-0.39, 0.29) is 5.82 Å². The Kier molecular flexibility index (Phi) is 3.29. The standard InChI is InChI=1S/C14H20FN/c1-10(2)16-7-6-13(9-16)12-5-4-11(3)14(15)8-12/h4-5,8,10,13H,6-7,9H2,1-3H3. The number of hydrogen-bond donors (Lipinski definition) is 0. The largest absolute Gasteiger partial charge is 0.300 e. The molecule has 0 aromatic heterocycles. The molecule has 0 N–H and O–H groups in total. The smallest absolute Gasteiger partial charge is 0.126 e. The maximum absolute atomic E-state index is 13.5. The van der Waals surface area contributed by atoms with Crippen LogP contribution in [0.3, 0.4) is 0 Å².